The topological polar surface area (TPSA) is 59.9 Å². The van der Waals surface area contributed by atoms with Gasteiger partial charge in [-0.25, -0.2) is 5.43 Å². The number of carbonyl (C=O) groups is 1. The minimum Gasteiger partial charge on any atom is -0.493 e. The van der Waals surface area contributed by atoms with Gasteiger partial charge in [-0.2, -0.15) is 5.10 Å². The summed E-state index contributed by atoms with van der Waals surface area (Å²) in [6, 6.07) is 10.9. The Morgan fingerprint density at radius 2 is 2.00 bits per heavy atom. The van der Waals surface area contributed by atoms with Crippen molar-refractivity contribution in [2.24, 2.45) is 5.10 Å². The van der Waals surface area contributed by atoms with Crippen molar-refractivity contribution in [2.75, 3.05) is 13.7 Å². The molecule has 2 aromatic rings. The standard InChI is InChI=1S/C18H16I2N2O3/c1-3-8-25-17-15(20)9-12(10-16(17)24-2)11-21-22-18(23)13-4-6-14(19)7-5-13/h3-7,9-11H,1,8H2,2H3,(H,22,23)/b21-11-. The quantitative estimate of drug-likeness (QED) is 0.238. The third-order valence-corrected chi connectivity index (χ3v) is 4.60. The molecule has 0 saturated carbocycles. The number of rotatable bonds is 7. The normalized spacial score (nSPS) is 10.5. The summed E-state index contributed by atoms with van der Waals surface area (Å²) in [6.45, 7) is 4.03. The van der Waals surface area contributed by atoms with E-state index >= 15 is 0 Å². The summed E-state index contributed by atoms with van der Waals surface area (Å²) in [7, 11) is 1.58. The molecular weight excluding hydrogens is 546 g/mol. The summed E-state index contributed by atoms with van der Waals surface area (Å²) in [5.74, 6) is 0.988. The molecule has 25 heavy (non-hydrogen) atoms. The SMILES string of the molecule is C=CCOc1c(I)cc(/C=N\NC(=O)c2ccc(I)cc2)cc1OC. The summed E-state index contributed by atoms with van der Waals surface area (Å²) >= 11 is 4.35. The number of hydrazone groups is 1. The molecular formula is C18H16I2N2O3. The Morgan fingerprint density at radius 1 is 1.28 bits per heavy atom. The van der Waals surface area contributed by atoms with Crippen molar-refractivity contribution in [1.29, 1.82) is 0 Å². The van der Waals surface area contributed by atoms with Crippen LogP contribution in [0.25, 0.3) is 0 Å². The zero-order valence-corrected chi connectivity index (χ0v) is 17.8. The first-order valence-electron chi connectivity index (χ1n) is 7.25. The first-order valence-corrected chi connectivity index (χ1v) is 9.41. The van der Waals surface area contributed by atoms with Gasteiger partial charge in [-0.3, -0.25) is 4.79 Å². The molecule has 1 amide bonds. The van der Waals surface area contributed by atoms with Gasteiger partial charge in [-0.05, 0) is 87.1 Å². The number of nitrogens with one attached hydrogen (secondary N) is 1. The highest BCUT2D eigenvalue weighted by atomic mass is 127. The van der Waals surface area contributed by atoms with E-state index in [1.54, 1.807) is 37.6 Å². The number of hydrogen-bond acceptors (Lipinski definition) is 4. The number of hydrogen-bond donors (Lipinski definition) is 1. The van der Waals surface area contributed by atoms with E-state index in [1.807, 2.05) is 18.2 Å². The van der Waals surface area contributed by atoms with Crippen LogP contribution in [0.5, 0.6) is 11.5 Å². The molecule has 0 radical (unpaired) electrons. The van der Waals surface area contributed by atoms with Crippen molar-refractivity contribution in [2.45, 2.75) is 0 Å². The second-order valence-electron chi connectivity index (χ2n) is 4.84. The summed E-state index contributed by atoms with van der Waals surface area (Å²) in [6.07, 6.45) is 3.23. The minimum atomic E-state index is -0.264. The molecule has 5 nitrogen and oxygen atoms in total. The van der Waals surface area contributed by atoms with Crippen LogP contribution in [0.4, 0.5) is 0 Å². The van der Waals surface area contributed by atoms with E-state index in [0.29, 0.717) is 23.7 Å². The van der Waals surface area contributed by atoms with Crippen molar-refractivity contribution in [3.8, 4) is 11.5 Å². The van der Waals surface area contributed by atoms with Gasteiger partial charge in [0.2, 0.25) is 0 Å². The summed E-state index contributed by atoms with van der Waals surface area (Å²) in [4.78, 5) is 12.0. The highest BCUT2D eigenvalue weighted by molar-refractivity contribution is 14.1. The van der Waals surface area contributed by atoms with E-state index in [2.05, 4.69) is 62.3 Å². The van der Waals surface area contributed by atoms with Crippen LogP contribution in [0.15, 0.2) is 54.2 Å². The molecule has 0 aliphatic heterocycles. The van der Waals surface area contributed by atoms with Crippen molar-refractivity contribution >= 4 is 57.3 Å². The third-order valence-electron chi connectivity index (χ3n) is 3.08. The molecule has 0 aliphatic rings. The minimum absolute atomic E-state index is 0.264. The molecule has 7 heteroatoms. The summed E-state index contributed by atoms with van der Waals surface area (Å²) in [5.41, 5.74) is 3.85. The van der Waals surface area contributed by atoms with Gasteiger partial charge in [-0.1, -0.05) is 12.7 Å². The molecule has 2 aromatic carbocycles. The maximum atomic E-state index is 12.0. The number of methoxy groups -OCH3 is 1. The lowest BCUT2D eigenvalue weighted by molar-refractivity contribution is 0.0955. The Morgan fingerprint density at radius 3 is 2.64 bits per heavy atom. The number of nitrogens with zero attached hydrogens (tertiary/aromatic N) is 1. The van der Waals surface area contributed by atoms with Gasteiger partial charge in [0.15, 0.2) is 11.5 Å². The molecule has 0 unspecified atom stereocenters. The van der Waals surface area contributed by atoms with Gasteiger partial charge >= 0.3 is 0 Å². The molecule has 0 saturated heterocycles. The molecule has 0 aromatic heterocycles. The third kappa shape index (κ3) is 5.70. The zero-order chi connectivity index (χ0) is 18.2. The van der Waals surface area contributed by atoms with Crippen molar-refractivity contribution < 1.29 is 14.3 Å². The number of benzene rings is 2. The Balaban J connectivity index is 2.09. The number of ether oxygens (including phenoxy) is 2. The average Bonchev–Trinajstić information content (AvgIpc) is 2.61. The van der Waals surface area contributed by atoms with E-state index in [4.69, 9.17) is 9.47 Å². The fraction of sp³-hybridized carbons (Fsp3) is 0.111. The van der Waals surface area contributed by atoms with Crippen LogP contribution in [0, 0.1) is 7.14 Å². The average molecular weight is 562 g/mol. The Hall–Kier alpha value is -1.62. The molecule has 0 aliphatic carbocycles. The predicted molar refractivity (Wildman–Crippen MR) is 116 cm³/mol. The van der Waals surface area contributed by atoms with Gasteiger partial charge in [0.1, 0.15) is 6.61 Å². The summed E-state index contributed by atoms with van der Waals surface area (Å²) in [5, 5.41) is 4.01. The first kappa shape index (κ1) is 19.7. The van der Waals surface area contributed by atoms with Crippen LogP contribution >= 0.6 is 45.2 Å². The van der Waals surface area contributed by atoms with Crippen molar-refractivity contribution in [1.82, 2.24) is 5.43 Å². The molecule has 130 valence electrons. The van der Waals surface area contributed by atoms with E-state index in [0.717, 1.165) is 12.7 Å². The molecule has 0 heterocycles. The maximum Gasteiger partial charge on any atom is 0.271 e. The first-order chi connectivity index (χ1) is 12.0. The molecule has 0 spiro atoms. The highest BCUT2D eigenvalue weighted by Gasteiger charge is 2.10. The Kier molecular flexibility index (Phi) is 7.69. The van der Waals surface area contributed by atoms with Gasteiger partial charge in [-0.15, -0.1) is 0 Å². The molecule has 1 N–H and O–H groups in total. The van der Waals surface area contributed by atoms with Gasteiger partial charge in [0.05, 0.1) is 16.9 Å². The number of carbonyl (C=O) groups excluding carboxylic acids is 1. The van der Waals surface area contributed by atoms with Crippen LogP contribution < -0.4 is 14.9 Å². The second kappa shape index (κ2) is 9.76. The molecule has 0 fully saturated rings. The predicted octanol–water partition coefficient (Wildman–Crippen LogP) is 4.23. The largest absolute Gasteiger partial charge is 0.493 e. The Labute approximate surface area is 173 Å². The van der Waals surface area contributed by atoms with Crippen LogP contribution in [-0.4, -0.2) is 25.8 Å². The van der Waals surface area contributed by atoms with Gasteiger partial charge in [0.25, 0.3) is 5.91 Å². The van der Waals surface area contributed by atoms with E-state index < -0.39 is 0 Å². The number of halogens is 2. The monoisotopic (exact) mass is 562 g/mol. The van der Waals surface area contributed by atoms with Gasteiger partial charge in [0, 0.05) is 9.13 Å². The smallest absolute Gasteiger partial charge is 0.271 e. The van der Waals surface area contributed by atoms with Crippen LogP contribution in [0.1, 0.15) is 15.9 Å². The van der Waals surface area contributed by atoms with E-state index in [-0.39, 0.29) is 5.91 Å². The summed E-state index contributed by atoms with van der Waals surface area (Å²) < 4.78 is 12.9. The van der Waals surface area contributed by atoms with Crippen LogP contribution in [-0.2, 0) is 0 Å². The fourth-order valence-corrected chi connectivity index (χ4v) is 3.07. The van der Waals surface area contributed by atoms with E-state index in [9.17, 15) is 4.79 Å². The van der Waals surface area contributed by atoms with Crippen LogP contribution in [0.3, 0.4) is 0 Å². The maximum absolute atomic E-state index is 12.0. The lowest BCUT2D eigenvalue weighted by Crippen LogP contribution is -2.17. The lowest BCUT2D eigenvalue weighted by Gasteiger charge is -2.12. The molecule has 0 atom stereocenters. The van der Waals surface area contributed by atoms with E-state index in [1.165, 1.54) is 0 Å². The molecule has 2 rings (SSSR count). The van der Waals surface area contributed by atoms with Gasteiger partial charge < -0.3 is 9.47 Å². The number of amides is 1. The molecule has 0 bridgehead atoms. The highest BCUT2D eigenvalue weighted by Crippen LogP contribution is 2.33. The van der Waals surface area contributed by atoms with Crippen molar-refractivity contribution in [3.63, 3.8) is 0 Å². The lowest BCUT2D eigenvalue weighted by atomic mass is 10.2. The van der Waals surface area contributed by atoms with Crippen molar-refractivity contribution in [3.05, 3.63) is 67.3 Å². The zero-order valence-electron chi connectivity index (χ0n) is 13.5. The van der Waals surface area contributed by atoms with Crippen LogP contribution in [0.2, 0.25) is 0 Å². The Bertz CT molecular complexity index is 790. The second-order valence-corrected chi connectivity index (χ2v) is 7.25. The fourth-order valence-electron chi connectivity index (χ4n) is 1.93.